The molecule has 1 aromatic rings. The summed E-state index contributed by atoms with van der Waals surface area (Å²) in [7, 11) is -3.40. The fourth-order valence-electron chi connectivity index (χ4n) is 1.37. The molecule has 0 bridgehead atoms. The molecule has 0 aromatic heterocycles. The Labute approximate surface area is 113 Å². The predicted molar refractivity (Wildman–Crippen MR) is 74.9 cm³/mol. The molecule has 6 nitrogen and oxygen atoms in total. The fourth-order valence-corrected chi connectivity index (χ4v) is 2.30. The van der Waals surface area contributed by atoms with Gasteiger partial charge in [-0.2, -0.15) is 0 Å². The zero-order chi connectivity index (χ0) is 14.1. The highest BCUT2D eigenvalue weighted by molar-refractivity contribution is 7.92. The second-order valence-corrected chi connectivity index (χ2v) is 5.62. The molecular weight excluding hydrogens is 268 g/mol. The van der Waals surface area contributed by atoms with Gasteiger partial charge in [-0.1, -0.05) is 6.07 Å². The normalized spacial score (nSPS) is 11.3. The van der Waals surface area contributed by atoms with Crippen molar-refractivity contribution >= 4 is 15.7 Å². The monoisotopic (exact) mass is 288 g/mol. The number of ether oxygens (including phenoxy) is 2. The molecule has 0 radical (unpaired) electrons. The van der Waals surface area contributed by atoms with E-state index in [1.807, 2.05) is 6.92 Å². The molecule has 1 rings (SSSR count). The van der Waals surface area contributed by atoms with Crippen LogP contribution in [-0.4, -0.2) is 40.5 Å². The molecule has 1 aromatic carbocycles. The molecule has 0 amide bonds. The summed E-state index contributed by atoms with van der Waals surface area (Å²) in [6.45, 7) is 3.29. The van der Waals surface area contributed by atoms with Crippen LogP contribution in [0.25, 0.3) is 0 Å². The first-order chi connectivity index (χ1) is 9.07. The van der Waals surface area contributed by atoms with Crippen LogP contribution in [0.4, 0.5) is 5.69 Å². The van der Waals surface area contributed by atoms with E-state index in [0.717, 1.165) is 0 Å². The van der Waals surface area contributed by atoms with Crippen molar-refractivity contribution in [3.8, 4) is 5.75 Å². The summed E-state index contributed by atoms with van der Waals surface area (Å²) in [6.07, 6.45) is 0. The van der Waals surface area contributed by atoms with Crippen molar-refractivity contribution in [3.63, 3.8) is 0 Å². The lowest BCUT2D eigenvalue weighted by atomic mass is 10.3. The average Bonchev–Trinajstić information content (AvgIpc) is 2.36. The Hall–Kier alpha value is -1.31. The minimum absolute atomic E-state index is 0.0747. The van der Waals surface area contributed by atoms with Gasteiger partial charge in [0.2, 0.25) is 10.0 Å². The summed E-state index contributed by atoms with van der Waals surface area (Å²) in [5.41, 5.74) is 5.80. The van der Waals surface area contributed by atoms with Crippen molar-refractivity contribution in [2.75, 3.05) is 36.8 Å². The molecule has 3 N–H and O–H groups in total. The summed E-state index contributed by atoms with van der Waals surface area (Å²) < 4.78 is 36.3. The zero-order valence-electron chi connectivity index (χ0n) is 11.0. The summed E-state index contributed by atoms with van der Waals surface area (Å²) in [5.74, 6) is 0.504. The predicted octanol–water partition coefficient (Wildman–Crippen LogP) is 0.802. The van der Waals surface area contributed by atoms with E-state index in [1.54, 1.807) is 24.3 Å². The number of rotatable bonds is 9. The van der Waals surface area contributed by atoms with Crippen LogP contribution in [-0.2, 0) is 14.8 Å². The number of nitrogens with two attached hydrogens (primary N) is 1. The Kier molecular flexibility index (Phi) is 6.61. The molecule has 0 unspecified atom stereocenters. The lowest BCUT2D eigenvalue weighted by Gasteiger charge is -2.10. The van der Waals surface area contributed by atoms with Gasteiger partial charge in [-0.3, -0.25) is 4.72 Å². The summed E-state index contributed by atoms with van der Waals surface area (Å²) in [4.78, 5) is 0. The second-order valence-electron chi connectivity index (χ2n) is 3.78. The molecular formula is C12H20N2O4S. The van der Waals surface area contributed by atoms with Crippen molar-refractivity contribution in [2.45, 2.75) is 6.92 Å². The minimum Gasteiger partial charge on any atom is -0.492 e. The van der Waals surface area contributed by atoms with Crippen LogP contribution in [0.5, 0.6) is 5.75 Å². The van der Waals surface area contributed by atoms with Gasteiger partial charge in [0.05, 0.1) is 18.0 Å². The molecule has 0 aliphatic rings. The van der Waals surface area contributed by atoms with Crippen LogP contribution in [0.2, 0.25) is 0 Å². The van der Waals surface area contributed by atoms with Crippen LogP contribution in [0.15, 0.2) is 24.3 Å². The van der Waals surface area contributed by atoms with Gasteiger partial charge >= 0.3 is 0 Å². The van der Waals surface area contributed by atoms with Crippen LogP contribution >= 0.6 is 0 Å². The van der Waals surface area contributed by atoms with Gasteiger partial charge in [-0.05, 0) is 19.1 Å². The average molecular weight is 288 g/mol. The summed E-state index contributed by atoms with van der Waals surface area (Å²) in [6, 6.07) is 6.74. The molecule has 0 atom stereocenters. The first kappa shape index (κ1) is 15.7. The van der Waals surface area contributed by atoms with E-state index in [1.165, 1.54) is 0 Å². The molecule has 0 aliphatic carbocycles. The number of hydrogen-bond acceptors (Lipinski definition) is 5. The number of sulfonamides is 1. The Morgan fingerprint density at radius 2 is 2.11 bits per heavy atom. The zero-order valence-corrected chi connectivity index (χ0v) is 11.8. The Bertz CT molecular complexity index is 476. The number of nitrogens with one attached hydrogen (secondary N) is 1. The molecule has 0 fully saturated rings. The summed E-state index contributed by atoms with van der Waals surface area (Å²) >= 11 is 0. The number of anilines is 1. The van der Waals surface area contributed by atoms with E-state index in [2.05, 4.69) is 4.72 Å². The molecule has 0 saturated carbocycles. The smallest absolute Gasteiger partial charge is 0.235 e. The van der Waals surface area contributed by atoms with E-state index < -0.39 is 10.0 Å². The second kappa shape index (κ2) is 7.98. The highest BCUT2D eigenvalue weighted by atomic mass is 32.2. The third-order valence-corrected chi connectivity index (χ3v) is 3.45. The maximum atomic E-state index is 11.7. The van der Waals surface area contributed by atoms with E-state index in [9.17, 15) is 8.42 Å². The first-order valence-corrected chi connectivity index (χ1v) is 7.74. The van der Waals surface area contributed by atoms with Gasteiger partial charge in [0.1, 0.15) is 12.4 Å². The van der Waals surface area contributed by atoms with Gasteiger partial charge in [0.25, 0.3) is 0 Å². The highest BCUT2D eigenvalue weighted by Crippen LogP contribution is 2.18. The SMILES string of the molecule is CCOCCS(=O)(=O)Nc1cccc(OCCN)c1. The Balaban J connectivity index is 2.60. The lowest BCUT2D eigenvalue weighted by Crippen LogP contribution is -2.20. The standard InChI is InChI=1S/C12H20N2O4S/c1-2-17-8-9-19(15,16)14-11-4-3-5-12(10-11)18-7-6-13/h3-5,10,14H,2,6-9,13H2,1H3. The number of hydrogen-bond donors (Lipinski definition) is 2. The van der Waals surface area contributed by atoms with Crippen molar-refractivity contribution < 1.29 is 17.9 Å². The third kappa shape index (κ3) is 6.42. The van der Waals surface area contributed by atoms with Crippen LogP contribution in [0, 0.1) is 0 Å². The van der Waals surface area contributed by atoms with E-state index in [4.69, 9.17) is 15.2 Å². The summed E-state index contributed by atoms with van der Waals surface area (Å²) in [5, 5.41) is 0. The van der Waals surface area contributed by atoms with Gasteiger partial charge in [-0.15, -0.1) is 0 Å². The van der Waals surface area contributed by atoms with Crippen molar-refractivity contribution in [1.29, 1.82) is 0 Å². The molecule has 108 valence electrons. The van der Waals surface area contributed by atoms with Crippen LogP contribution in [0.1, 0.15) is 6.92 Å². The van der Waals surface area contributed by atoms with Crippen LogP contribution < -0.4 is 15.2 Å². The highest BCUT2D eigenvalue weighted by Gasteiger charge is 2.10. The molecule has 0 spiro atoms. The minimum atomic E-state index is -3.40. The molecule has 19 heavy (non-hydrogen) atoms. The van der Waals surface area contributed by atoms with E-state index in [-0.39, 0.29) is 12.4 Å². The molecule has 7 heteroatoms. The van der Waals surface area contributed by atoms with Gasteiger partial charge in [-0.25, -0.2) is 8.42 Å². The molecule has 0 heterocycles. The van der Waals surface area contributed by atoms with Gasteiger partial charge in [0, 0.05) is 19.2 Å². The van der Waals surface area contributed by atoms with Crippen molar-refractivity contribution in [2.24, 2.45) is 5.73 Å². The van der Waals surface area contributed by atoms with Gasteiger partial charge in [0.15, 0.2) is 0 Å². The lowest BCUT2D eigenvalue weighted by molar-refractivity contribution is 0.163. The first-order valence-electron chi connectivity index (χ1n) is 6.08. The quantitative estimate of drug-likeness (QED) is 0.656. The molecule has 0 aliphatic heterocycles. The van der Waals surface area contributed by atoms with Crippen molar-refractivity contribution in [1.82, 2.24) is 0 Å². The topological polar surface area (TPSA) is 90.7 Å². The largest absolute Gasteiger partial charge is 0.492 e. The van der Waals surface area contributed by atoms with Crippen molar-refractivity contribution in [3.05, 3.63) is 24.3 Å². The van der Waals surface area contributed by atoms with Crippen LogP contribution in [0.3, 0.4) is 0 Å². The van der Waals surface area contributed by atoms with E-state index in [0.29, 0.717) is 31.2 Å². The Morgan fingerprint density at radius 1 is 1.32 bits per heavy atom. The fraction of sp³-hybridized carbons (Fsp3) is 0.500. The third-order valence-electron chi connectivity index (χ3n) is 2.19. The molecule has 0 saturated heterocycles. The van der Waals surface area contributed by atoms with E-state index >= 15 is 0 Å². The Morgan fingerprint density at radius 3 is 2.79 bits per heavy atom. The maximum absolute atomic E-state index is 11.7. The van der Waals surface area contributed by atoms with Gasteiger partial charge < -0.3 is 15.2 Å². The number of benzene rings is 1. The maximum Gasteiger partial charge on any atom is 0.235 e.